The largest absolute Gasteiger partial charge is 0.416 e. The van der Waals surface area contributed by atoms with Gasteiger partial charge in [-0.25, -0.2) is 4.79 Å². The van der Waals surface area contributed by atoms with Crippen LogP contribution in [0.3, 0.4) is 0 Å². The lowest BCUT2D eigenvalue weighted by molar-refractivity contribution is -0.137. The maximum atomic E-state index is 13.1. The molecule has 8 heteroatoms. The van der Waals surface area contributed by atoms with E-state index in [-0.39, 0.29) is 17.3 Å². The molecule has 1 saturated heterocycles. The van der Waals surface area contributed by atoms with Gasteiger partial charge in [-0.15, -0.1) is 0 Å². The Kier molecular flexibility index (Phi) is 6.58. The van der Waals surface area contributed by atoms with Crippen molar-refractivity contribution in [2.75, 3.05) is 23.3 Å². The molecule has 3 aromatic rings. The standard InChI is InChI=1S/C26H24F3N3O2/c1-18-5-2-6-19(15-18)17-31-13-4-14-32(25(31)34)23-11-9-20(10-12-23)24(33)30-22-8-3-7-21(16-22)26(27,28)29/h2-3,5-12,15-16H,4,13-14,17H2,1H3,(H,30,33). The molecule has 0 saturated carbocycles. The van der Waals surface area contributed by atoms with Crippen molar-refractivity contribution < 1.29 is 22.8 Å². The summed E-state index contributed by atoms with van der Waals surface area (Å²) in [5.41, 5.74) is 2.37. The number of carbonyl (C=O) groups is 2. The van der Waals surface area contributed by atoms with Gasteiger partial charge in [0.1, 0.15) is 0 Å². The molecule has 176 valence electrons. The predicted octanol–water partition coefficient (Wildman–Crippen LogP) is 6.10. The van der Waals surface area contributed by atoms with E-state index in [1.807, 2.05) is 25.1 Å². The summed E-state index contributed by atoms with van der Waals surface area (Å²) in [4.78, 5) is 29.1. The Balaban J connectivity index is 1.43. The van der Waals surface area contributed by atoms with E-state index < -0.39 is 17.6 Å². The van der Waals surface area contributed by atoms with Crippen LogP contribution >= 0.6 is 0 Å². The van der Waals surface area contributed by atoms with Gasteiger partial charge < -0.3 is 10.2 Å². The zero-order chi connectivity index (χ0) is 24.3. The second-order valence-corrected chi connectivity index (χ2v) is 8.28. The Morgan fingerprint density at radius 2 is 1.71 bits per heavy atom. The van der Waals surface area contributed by atoms with Gasteiger partial charge in [-0.05, 0) is 61.4 Å². The third kappa shape index (κ3) is 5.39. The van der Waals surface area contributed by atoms with E-state index in [1.54, 1.807) is 34.1 Å². The molecule has 1 heterocycles. The molecule has 5 nitrogen and oxygen atoms in total. The zero-order valence-electron chi connectivity index (χ0n) is 18.6. The minimum atomic E-state index is -4.49. The van der Waals surface area contributed by atoms with Crippen LogP contribution in [-0.4, -0.2) is 29.9 Å². The maximum Gasteiger partial charge on any atom is 0.416 e. The van der Waals surface area contributed by atoms with Crippen molar-refractivity contribution in [2.24, 2.45) is 0 Å². The fraction of sp³-hybridized carbons (Fsp3) is 0.231. The van der Waals surface area contributed by atoms with Gasteiger partial charge in [-0.3, -0.25) is 9.69 Å². The van der Waals surface area contributed by atoms with Crippen LogP contribution in [0.1, 0.15) is 33.5 Å². The van der Waals surface area contributed by atoms with Crippen molar-refractivity contribution in [2.45, 2.75) is 26.1 Å². The van der Waals surface area contributed by atoms with Crippen molar-refractivity contribution in [1.82, 2.24) is 4.90 Å². The first-order valence-corrected chi connectivity index (χ1v) is 10.9. The third-order valence-electron chi connectivity index (χ3n) is 5.66. The molecule has 4 rings (SSSR count). The van der Waals surface area contributed by atoms with Crippen LogP contribution in [0.4, 0.5) is 29.3 Å². The second kappa shape index (κ2) is 9.59. The molecular formula is C26H24F3N3O2. The lowest BCUT2D eigenvalue weighted by Crippen LogP contribution is -2.49. The van der Waals surface area contributed by atoms with Crippen LogP contribution < -0.4 is 10.2 Å². The molecule has 1 N–H and O–H groups in total. The number of rotatable bonds is 5. The molecular weight excluding hydrogens is 443 g/mol. The highest BCUT2D eigenvalue weighted by atomic mass is 19.4. The number of hydrogen-bond donors (Lipinski definition) is 1. The molecule has 3 aromatic carbocycles. The summed E-state index contributed by atoms with van der Waals surface area (Å²) in [6.07, 6.45) is -3.67. The van der Waals surface area contributed by atoms with Crippen LogP contribution in [0.15, 0.2) is 72.8 Å². The first kappa shape index (κ1) is 23.4. The molecule has 0 spiro atoms. The van der Waals surface area contributed by atoms with Crippen LogP contribution in [0.5, 0.6) is 0 Å². The molecule has 0 aliphatic carbocycles. The lowest BCUT2D eigenvalue weighted by Gasteiger charge is -2.35. The van der Waals surface area contributed by atoms with Crippen LogP contribution in [0.25, 0.3) is 0 Å². The number of nitrogens with zero attached hydrogens (tertiary/aromatic N) is 2. The SMILES string of the molecule is Cc1cccc(CN2CCCN(c3ccc(C(=O)Nc4cccc(C(F)(F)F)c4)cc3)C2=O)c1. The molecule has 0 aromatic heterocycles. The molecule has 0 radical (unpaired) electrons. The zero-order valence-corrected chi connectivity index (χ0v) is 18.6. The van der Waals surface area contributed by atoms with Crippen molar-refractivity contribution >= 4 is 23.3 Å². The number of alkyl halides is 3. The van der Waals surface area contributed by atoms with Gasteiger partial charge in [0.25, 0.3) is 5.91 Å². The molecule has 3 amide bonds. The molecule has 34 heavy (non-hydrogen) atoms. The summed E-state index contributed by atoms with van der Waals surface area (Å²) in [6, 6.07) is 18.9. The van der Waals surface area contributed by atoms with E-state index in [1.165, 1.54) is 12.1 Å². The minimum absolute atomic E-state index is 0.0573. The summed E-state index contributed by atoms with van der Waals surface area (Å²) in [5.74, 6) is -0.531. The van der Waals surface area contributed by atoms with E-state index in [0.29, 0.717) is 25.3 Å². The fourth-order valence-electron chi connectivity index (χ4n) is 3.97. The van der Waals surface area contributed by atoms with Crippen molar-refractivity contribution in [3.05, 3.63) is 95.1 Å². The summed E-state index contributed by atoms with van der Waals surface area (Å²) in [6.45, 7) is 3.77. The number of anilines is 2. The van der Waals surface area contributed by atoms with Crippen LogP contribution in [-0.2, 0) is 12.7 Å². The number of aryl methyl sites for hydroxylation is 1. The highest BCUT2D eigenvalue weighted by Gasteiger charge is 2.30. The van der Waals surface area contributed by atoms with Crippen molar-refractivity contribution in [1.29, 1.82) is 0 Å². The molecule has 1 fully saturated rings. The van der Waals surface area contributed by atoms with Gasteiger partial charge >= 0.3 is 12.2 Å². The number of hydrogen-bond acceptors (Lipinski definition) is 2. The van der Waals surface area contributed by atoms with Gasteiger partial charge in [-0.1, -0.05) is 35.9 Å². The number of urea groups is 1. The number of amides is 3. The van der Waals surface area contributed by atoms with Crippen LogP contribution in [0, 0.1) is 6.92 Å². The highest BCUT2D eigenvalue weighted by Crippen LogP contribution is 2.31. The van der Waals surface area contributed by atoms with Gasteiger partial charge in [0.15, 0.2) is 0 Å². The first-order chi connectivity index (χ1) is 16.2. The van der Waals surface area contributed by atoms with E-state index in [2.05, 4.69) is 11.4 Å². The minimum Gasteiger partial charge on any atom is -0.322 e. The smallest absolute Gasteiger partial charge is 0.322 e. The van der Waals surface area contributed by atoms with E-state index in [9.17, 15) is 22.8 Å². The topological polar surface area (TPSA) is 52.6 Å². The lowest BCUT2D eigenvalue weighted by atomic mass is 10.1. The Hall–Kier alpha value is -3.81. The summed E-state index contributed by atoms with van der Waals surface area (Å²) < 4.78 is 38.7. The Morgan fingerprint density at radius 1 is 0.971 bits per heavy atom. The molecule has 1 aliphatic rings. The molecule has 0 bridgehead atoms. The first-order valence-electron chi connectivity index (χ1n) is 10.9. The van der Waals surface area contributed by atoms with Gasteiger partial charge in [0.2, 0.25) is 0 Å². The summed E-state index contributed by atoms with van der Waals surface area (Å²) in [5, 5.41) is 2.49. The molecule has 0 unspecified atom stereocenters. The van der Waals surface area contributed by atoms with Crippen molar-refractivity contribution in [3.8, 4) is 0 Å². The third-order valence-corrected chi connectivity index (χ3v) is 5.66. The number of nitrogens with one attached hydrogen (secondary N) is 1. The Morgan fingerprint density at radius 3 is 2.41 bits per heavy atom. The Bertz CT molecular complexity index is 1190. The second-order valence-electron chi connectivity index (χ2n) is 8.28. The summed E-state index contributed by atoms with van der Waals surface area (Å²) >= 11 is 0. The molecule has 0 atom stereocenters. The van der Waals surface area contributed by atoms with Gasteiger partial charge in [0, 0.05) is 36.6 Å². The number of benzene rings is 3. The van der Waals surface area contributed by atoms with Crippen LogP contribution in [0.2, 0.25) is 0 Å². The normalized spacial score (nSPS) is 14.3. The Labute approximate surface area is 195 Å². The monoisotopic (exact) mass is 467 g/mol. The average Bonchev–Trinajstić information content (AvgIpc) is 2.80. The van der Waals surface area contributed by atoms with E-state index in [4.69, 9.17) is 0 Å². The molecule has 1 aliphatic heterocycles. The highest BCUT2D eigenvalue weighted by molar-refractivity contribution is 6.04. The summed E-state index contributed by atoms with van der Waals surface area (Å²) in [7, 11) is 0. The maximum absolute atomic E-state index is 13.1. The quantitative estimate of drug-likeness (QED) is 0.493. The van der Waals surface area contributed by atoms with Crippen molar-refractivity contribution in [3.63, 3.8) is 0 Å². The number of halogens is 3. The predicted molar refractivity (Wildman–Crippen MR) is 125 cm³/mol. The fourth-order valence-corrected chi connectivity index (χ4v) is 3.97. The number of carbonyl (C=O) groups excluding carboxylic acids is 2. The van der Waals surface area contributed by atoms with Gasteiger partial charge in [-0.2, -0.15) is 13.2 Å². The van der Waals surface area contributed by atoms with Gasteiger partial charge in [0.05, 0.1) is 5.56 Å². The average molecular weight is 467 g/mol. The van der Waals surface area contributed by atoms with E-state index >= 15 is 0 Å². The van der Waals surface area contributed by atoms with E-state index in [0.717, 1.165) is 29.7 Å².